The first kappa shape index (κ1) is 9.21. The highest BCUT2D eigenvalue weighted by Crippen LogP contribution is 2.38. The predicted molar refractivity (Wildman–Crippen MR) is 57.7 cm³/mol. The molecule has 1 aromatic rings. The fourth-order valence-corrected chi connectivity index (χ4v) is 3.08. The lowest BCUT2D eigenvalue weighted by Gasteiger charge is -2.37. The van der Waals surface area contributed by atoms with Gasteiger partial charge in [0.2, 0.25) is 5.95 Å². The molecule has 0 amide bonds. The Bertz CT molecular complexity index is 348. The third-order valence-corrected chi connectivity index (χ3v) is 3.73. The van der Waals surface area contributed by atoms with Gasteiger partial charge in [-0.2, -0.15) is 0 Å². The lowest BCUT2D eigenvalue weighted by molar-refractivity contribution is 0.125. The van der Waals surface area contributed by atoms with E-state index in [1.807, 2.05) is 19.4 Å². The van der Waals surface area contributed by atoms with Crippen molar-refractivity contribution in [2.24, 2.45) is 7.05 Å². The number of anilines is 1. The van der Waals surface area contributed by atoms with Gasteiger partial charge in [0.15, 0.2) is 0 Å². The average molecular weight is 207 g/mol. The standard InChI is InChI=1S/C11H17N3O/c1-13-5-4-12-11(13)14-8-2-3-9(14)7-10(15)6-8/h4-5,8-10,15H,2-3,6-7H2,1H3. The first-order chi connectivity index (χ1) is 7.25. The maximum absolute atomic E-state index is 9.72. The van der Waals surface area contributed by atoms with Crippen LogP contribution in [0.15, 0.2) is 12.4 Å². The number of hydrogen-bond donors (Lipinski definition) is 1. The van der Waals surface area contributed by atoms with Crippen molar-refractivity contribution in [1.29, 1.82) is 0 Å². The number of hydrogen-bond acceptors (Lipinski definition) is 3. The van der Waals surface area contributed by atoms with E-state index in [0.717, 1.165) is 18.8 Å². The Morgan fingerprint density at radius 1 is 1.33 bits per heavy atom. The van der Waals surface area contributed by atoms with Crippen LogP contribution in [0.2, 0.25) is 0 Å². The fraction of sp³-hybridized carbons (Fsp3) is 0.727. The Hall–Kier alpha value is -1.03. The van der Waals surface area contributed by atoms with Crippen molar-refractivity contribution in [2.45, 2.75) is 43.9 Å². The summed E-state index contributed by atoms with van der Waals surface area (Å²) in [6.45, 7) is 0. The molecule has 0 spiro atoms. The van der Waals surface area contributed by atoms with Crippen LogP contribution in [-0.2, 0) is 7.05 Å². The van der Waals surface area contributed by atoms with Crippen LogP contribution in [0.25, 0.3) is 0 Å². The topological polar surface area (TPSA) is 41.3 Å². The van der Waals surface area contributed by atoms with E-state index in [0.29, 0.717) is 12.1 Å². The maximum Gasteiger partial charge on any atom is 0.205 e. The molecule has 1 N–H and O–H groups in total. The number of aryl methyl sites for hydroxylation is 1. The minimum Gasteiger partial charge on any atom is -0.393 e. The van der Waals surface area contributed by atoms with Crippen LogP contribution in [0.1, 0.15) is 25.7 Å². The zero-order valence-corrected chi connectivity index (χ0v) is 9.00. The molecule has 3 rings (SSSR count). The monoisotopic (exact) mass is 207 g/mol. The molecule has 1 aromatic heterocycles. The van der Waals surface area contributed by atoms with Gasteiger partial charge in [-0.05, 0) is 25.7 Å². The number of piperidine rings is 1. The molecular formula is C11H17N3O. The third-order valence-electron chi connectivity index (χ3n) is 3.73. The van der Waals surface area contributed by atoms with E-state index in [9.17, 15) is 5.11 Å². The minimum atomic E-state index is -0.0981. The molecular weight excluding hydrogens is 190 g/mol. The SMILES string of the molecule is Cn1ccnc1N1C2CCC1CC(O)C2. The van der Waals surface area contributed by atoms with Gasteiger partial charge in [0.25, 0.3) is 0 Å². The van der Waals surface area contributed by atoms with Crippen LogP contribution in [0, 0.1) is 0 Å². The normalized spacial score (nSPS) is 34.8. The van der Waals surface area contributed by atoms with Gasteiger partial charge < -0.3 is 14.6 Å². The number of aliphatic hydroxyl groups excluding tert-OH is 1. The van der Waals surface area contributed by atoms with Gasteiger partial charge in [0.05, 0.1) is 6.10 Å². The number of rotatable bonds is 1. The van der Waals surface area contributed by atoms with Crippen LogP contribution in [0.4, 0.5) is 5.95 Å². The molecule has 0 aliphatic carbocycles. The second-order valence-corrected chi connectivity index (χ2v) is 4.76. The van der Waals surface area contributed by atoms with Gasteiger partial charge >= 0.3 is 0 Å². The number of aliphatic hydroxyl groups is 1. The number of fused-ring (bicyclic) bond motifs is 2. The van der Waals surface area contributed by atoms with E-state index in [4.69, 9.17) is 0 Å². The van der Waals surface area contributed by atoms with Gasteiger partial charge in [0, 0.05) is 31.5 Å². The van der Waals surface area contributed by atoms with E-state index >= 15 is 0 Å². The van der Waals surface area contributed by atoms with Crippen molar-refractivity contribution in [3.8, 4) is 0 Å². The van der Waals surface area contributed by atoms with Crippen LogP contribution in [0.3, 0.4) is 0 Å². The molecule has 2 saturated heterocycles. The minimum absolute atomic E-state index is 0.0981. The van der Waals surface area contributed by atoms with Crippen LogP contribution < -0.4 is 4.90 Å². The summed E-state index contributed by atoms with van der Waals surface area (Å²) in [7, 11) is 2.03. The van der Waals surface area contributed by atoms with Crippen molar-refractivity contribution in [3.63, 3.8) is 0 Å². The molecule has 2 atom stereocenters. The summed E-state index contributed by atoms with van der Waals surface area (Å²) < 4.78 is 2.07. The van der Waals surface area contributed by atoms with Crippen LogP contribution >= 0.6 is 0 Å². The van der Waals surface area contributed by atoms with E-state index in [1.165, 1.54) is 12.8 Å². The lowest BCUT2D eigenvalue weighted by Crippen LogP contribution is -2.45. The molecule has 4 nitrogen and oxygen atoms in total. The van der Waals surface area contributed by atoms with Crippen LogP contribution in [-0.4, -0.2) is 32.8 Å². The Labute approximate surface area is 89.5 Å². The summed E-state index contributed by atoms with van der Waals surface area (Å²) in [6, 6.07) is 1.000. The van der Waals surface area contributed by atoms with Crippen molar-refractivity contribution in [2.75, 3.05) is 4.90 Å². The predicted octanol–water partition coefficient (Wildman–Crippen LogP) is 0.912. The highest BCUT2D eigenvalue weighted by atomic mass is 16.3. The largest absolute Gasteiger partial charge is 0.393 e. The molecule has 2 aliphatic rings. The van der Waals surface area contributed by atoms with Crippen molar-refractivity contribution >= 4 is 5.95 Å². The van der Waals surface area contributed by atoms with Crippen molar-refractivity contribution in [1.82, 2.24) is 9.55 Å². The molecule has 3 heterocycles. The molecule has 4 heteroatoms. The highest BCUT2D eigenvalue weighted by molar-refractivity contribution is 5.38. The van der Waals surface area contributed by atoms with E-state index in [1.54, 1.807) is 0 Å². The second-order valence-electron chi connectivity index (χ2n) is 4.76. The zero-order valence-electron chi connectivity index (χ0n) is 9.00. The smallest absolute Gasteiger partial charge is 0.205 e. The van der Waals surface area contributed by atoms with E-state index < -0.39 is 0 Å². The van der Waals surface area contributed by atoms with Gasteiger partial charge in [-0.15, -0.1) is 0 Å². The number of nitrogens with zero attached hydrogens (tertiary/aromatic N) is 3. The summed E-state index contributed by atoms with van der Waals surface area (Å²) in [4.78, 5) is 6.82. The summed E-state index contributed by atoms with van der Waals surface area (Å²) >= 11 is 0. The molecule has 2 aliphatic heterocycles. The Morgan fingerprint density at radius 3 is 2.53 bits per heavy atom. The molecule has 2 unspecified atom stereocenters. The summed E-state index contributed by atoms with van der Waals surface area (Å²) in [5.74, 6) is 1.06. The lowest BCUT2D eigenvalue weighted by atomic mass is 10.0. The van der Waals surface area contributed by atoms with E-state index in [2.05, 4.69) is 14.5 Å². The zero-order chi connectivity index (χ0) is 10.4. The van der Waals surface area contributed by atoms with Gasteiger partial charge in [-0.3, -0.25) is 0 Å². The number of aromatic nitrogens is 2. The summed E-state index contributed by atoms with van der Waals surface area (Å²) in [5.41, 5.74) is 0. The highest BCUT2D eigenvalue weighted by Gasteiger charge is 2.41. The fourth-order valence-electron chi connectivity index (χ4n) is 3.08. The first-order valence-corrected chi connectivity index (χ1v) is 5.69. The third kappa shape index (κ3) is 1.35. The quantitative estimate of drug-likeness (QED) is 0.744. The first-order valence-electron chi connectivity index (χ1n) is 5.69. The van der Waals surface area contributed by atoms with Crippen LogP contribution in [0.5, 0.6) is 0 Å². The van der Waals surface area contributed by atoms with E-state index in [-0.39, 0.29) is 6.10 Å². The molecule has 82 valence electrons. The van der Waals surface area contributed by atoms with Gasteiger partial charge in [-0.25, -0.2) is 4.98 Å². The molecule has 2 bridgehead atoms. The molecule has 15 heavy (non-hydrogen) atoms. The summed E-state index contributed by atoms with van der Waals surface area (Å²) in [6.07, 6.45) is 7.95. The van der Waals surface area contributed by atoms with Gasteiger partial charge in [0.1, 0.15) is 0 Å². The molecule has 0 aromatic carbocycles. The maximum atomic E-state index is 9.72. The number of imidazole rings is 1. The van der Waals surface area contributed by atoms with Crippen molar-refractivity contribution < 1.29 is 5.11 Å². The average Bonchev–Trinajstić information content (AvgIpc) is 2.69. The second kappa shape index (κ2) is 3.23. The van der Waals surface area contributed by atoms with Gasteiger partial charge in [-0.1, -0.05) is 0 Å². The Morgan fingerprint density at radius 2 is 2.00 bits per heavy atom. The molecule has 2 fully saturated rings. The Kier molecular flexibility index (Phi) is 1.99. The molecule has 0 radical (unpaired) electrons. The molecule has 0 saturated carbocycles. The summed E-state index contributed by atoms with van der Waals surface area (Å²) in [5, 5.41) is 9.72. The Balaban J connectivity index is 1.92. The van der Waals surface area contributed by atoms with Crippen molar-refractivity contribution in [3.05, 3.63) is 12.4 Å².